The van der Waals surface area contributed by atoms with Crippen molar-refractivity contribution in [3.05, 3.63) is 12.2 Å². The number of carbonyl (C=O) groups is 1. The molecule has 19 heavy (non-hydrogen) atoms. The summed E-state index contributed by atoms with van der Waals surface area (Å²) in [6.45, 7) is 5.85. The molecule has 0 heterocycles. The summed E-state index contributed by atoms with van der Waals surface area (Å²) in [5.74, 6) is -1.66. The van der Waals surface area contributed by atoms with Crippen molar-refractivity contribution in [2.45, 2.75) is 38.7 Å². The standard InChI is InChI=1S/C8H8F6O2.C2H6O/c1-4(2)6(15)16-8(13,14)5(9)3-7(10,11)12;1-2-3/h5H,1,3H2,2H3;3H,2H2,1H3. The van der Waals surface area contributed by atoms with Crippen molar-refractivity contribution in [2.75, 3.05) is 6.61 Å². The second-order valence-electron chi connectivity index (χ2n) is 3.33. The Balaban J connectivity index is 0. The number of halogens is 6. The van der Waals surface area contributed by atoms with Crippen LogP contribution in [0, 0.1) is 0 Å². The molecule has 0 bridgehead atoms. The molecule has 0 rings (SSSR count). The monoisotopic (exact) mass is 296 g/mol. The minimum Gasteiger partial charge on any atom is -0.397 e. The quantitative estimate of drug-likeness (QED) is 0.493. The van der Waals surface area contributed by atoms with E-state index in [9.17, 15) is 31.1 Å². The Morgan fingerprint density at radius 3 is 1.95 bits per heavy atom. The Hall–Kier alpha value is -1.25. The second-order valence-corrected chi connectivity index (χ2v) is 3.33. The van der Waals surface area contributed by atoms with Gasteiger partial charge in [0.05, 0.1) is 6.42 Å². The number of carbonyl (C=O) groups excluding carboxylic acids is 1. The zero-order chi connectivity index (χ0) is 15.9. The van der Waals surface area contributed by atoms with Gasteiger partial charge in [0.25, 0.3) is 0 Å². The van der Waals surface area contributed by atoms with Crippen molar-refractivity contribution in [3.8, 4) is 0 Å². The van der Waals surface area contributed by atoms with Crippen LogP contribution in [0.1, 0.15) is 20.3 Å². The second kappa shape index (κ2) is 8.03. The number of hydrogen-bond donors (Lipinski definition) is 1. The van der Waals surface area contributed by atoms with Gasteiger partial charge >= 0.3 is 18.3 Å². The maximum absolute atomic E-state index is 12.6. The van der Waals surface area contributed by atoms with Crippen LogP contribution >= 0.6 is 0 Å². The molecule has 1 unspecified atom stereocenters. The summed E-state index contributed by atoms with van der Waals surface area (Å²) >= 11 is 0. The summed E-state index contributed by atoms with van der Waals surface area (Å²) in [4.78, 5) is 10.6. The Kier molecular flexibility index (Phi) is 8.48. The number of ether oxygens (including phenoxy) is 1. The SMILES string of the molecule is C=C(C)C(=O)OC(F)(F)C(F)CC(F)(F)F.CCO. The molecule has 0 aromatic rings. The Bertz CT molecular complexity index is 300. The summed E-state index contributed by atoms with van der Waals surface area (Å²) in [7, 11) is 0. The average Bonchev–Trinajstić information content (AvgIpc) is 2.15. The van der Waals surface area contributed by atoms with E-state index in [0.29, 0.717) is 0 Å². The maximum atomic E-state index is 12.6. The zero-order valence-corrected chi connectivity index (χ0v) is 10.2. The minimum absolute atomic E-state index is 0.250. The Labute approximate surface area is 105 Å². The lowest BCUT2D eigenvalue weighted by atomic mass is 10.2. The number of alkyl halides is 6. The van der Waals surface area contributed by atoms with E-state index in [1.54, 1.807) is 6.92 Å². The van der Waals surface area contributed by atoms with Gasteiger partial charge in [-0.3, -0.25) is 0 Å². The van der Waals surface area contributed by atoms with Gasteiger partial charge < -0.3 is 9.84 Å². The molecule has 1 N–H and O–H groups in total. The molecule has 0 amide bonds. The first kappa shape index (κ1) is 20.1. The van der Waals surface area contributed by atoms with Gasteiger partial charge in [-0.1, -0.05) is 6.58 Å². The lowest BCUT2D eigenvalue weighted by Crippen LogP contribution is -2.38. The average molecular weight is 296 g/mol. The van der Waals surface area contributed by atoms with Gasteiger partial charge in [-0.2, -0.15) is 22.0 Å². The van der Waals surface area contributed by atoms with E-state index in [4.69, 9.17) is 5.11 Å². The van der Waals surface area contributed by atoms with Crippen molar-refractivity contribution < 1.29 is 41.0 Å². The van der Waals surface area contributed by atoms with Gasteiger partial charge in [-0.25, -0.2) is 9.18 Å². The predicted octanol–water partition coefficient (Wildman–Crippen LogP) is 2.99. The van der Waals surface area contributed by atoms with Crippen molar-refractivity contribution in [3.63, 3.8) is 0 Å². The van der Waals surface area contributed by atoms with Gasteiger partial charge in [-0.15, -0.1) is 0 Å². The molecule has 0 aliphatic heterocycles. The highest BCUT2D eigenvalue weighted by Crippen LogP contribution is 2.33. The van der Waals surface area contributed by atoms with Crippen LogP contribution in [-0.4, -0.2) is 36.1 Å². The summed E-state index contributed by atoms with van der Waals surface area (Å²) in [5, 5.41) is 7.57. The maximum Gasteiger partial charge on any atom is 0.432 e. The van der Waals surface area contributed by atoms with Crippen LogP contribution in [0.3, 0.4) is 0 Å². The molecule has 0 spiro atoms. The normalized spacial score (nSPS) is 13.1. The zero-order valence-electron chi connectivity index (χ0n) is 10.2. The third kappa shape index (κ3) is 10.4. The van der Waals surface area contributed by atoms with Crippen LogP contribution in [0.15, 0.2) is 12.2 Å². The first-order chi connectivity index (χ1) is 8.37. The molecule has 0 radical (unpaired) electrons. The van der Waals surface area contributed by atoms with Gasteiger partial charge in [-0.05, 0) is 13.8 Å². The summed E-state index contributed by atoms with van der Waals surface area (Å²) < 4.78 is 75.8. The predicted molar refractivity (Wildman–Crippen MR) is 54.2 cm³/mol. The molecule has 3 nitrogen and oxygen atoms in total. The number of rotatable bonds is 4. The van der Waals surface area contributed by atoms with Crippen LogP contribution in [0.25, 0.3) is 0 Å². The Morgan fingerprint density at radius 1 is 1.32 bits per heavy atom. The van der Waals surface area contributed by atoms with E-state index in [1.807, 2.05) is 0 Å². The van der Waals surface area contributed by atoms with Gasteiger partial charge in [0, 0.05) is 12.2 Å². The van der Waals surface area contributed by atoms with E-state index in [1.165, 1.54) is 0 Å². The van der Waals surface area contributed by atoms with Crippen LogP contribution in [0.4, 0.5) is 26.3 Å². The smallest absolute Gasteiger partial charge is 0.397 e. The topological polar surface area (TPSA) is 46.5 Å². The molecule has 0 aliphatic carbocycles. The molecule has 1 atom stereocenters. The van der Waals surface area contributed by atoms with Gasteiger partial charge in [0.15, 0.2) is 0 Å². The molecule has 0 saturated carbocycles. The Morgan fingerprint density at radius 2 is 1.68 bits per heavy atom. The summed E-state index contributed by atoms with van der Waals surface area (Å²) in [6, 6.07) is 0. The van der Waals surface area contributed by atoms with E-state index < -0.39 is 36.4 Å². The minimum atomic E-state index is -5.11. The van der Waals surface area contributed by atoms with E-state index in [2.05, 4.69) is 11.3 Å². The lowest BCUT2D eigenvalue weighted by Gasteiger charge is -2.21. The summed E-state index contributed by atoms with van der Waals surface area (Å²) in [6.07, 6.45) is -16.0. The molecule has 0 aliphatic rings. The van der Waals surface area contributed by atoms with Crippen molar-refractivity contribution in [2.24, 2.45) is 0 Å². The van der Waals surface area contributed by atoms with Crippen molar-refractivity contribution >= 4 is 5.97 Å². The molecule has 9 heteroatoms. The number of aliphatic hydroxyl groups excluding tert-OH is 1. The van der Waals surface area contributed by atoms with Gasteiger partial charge in [0.2, 0.25) is 6.17 Å². The number of hydrogen-bond acceptors (Lipinski definition) is 3. The third-order valence-corrected chi connectivity index (χ3v) is 1.35. The van der Waals surface area contributed by atoms with E-state index in [-0.39, 0.29) is 6.61 Å². The van der Waals surface area contributed by atoms with Crippen LogP contribution in [0.2, 0.25) is 0 Å². The van der Waals surface area contributed by atoms with Gasteiger partial charge in [0.1, 0.15) is 0 Å². The van der Waals surface area contributed by atoms with Crippen LogP contribution < -0.4 is 0 Å². The number of aliphatic hydroxyl groups is 1. The molecule has 0 saturated heterocycles. The number of esters is 1. The highest BCUT2D eigenvalue weighted by molar-refractivity contribution is 5.87. The highest BCUT2D eigenvalue weighted by Gasteiger charge is 2.50. The molecular weight excluding hydrogens is 282 g/mol. The lowest BCUT2D eigenvalue weighted by molar-refractivity contribution is -0.275. The van der Waals surface area contributed by atoms with Crippen molar-refractivity contribution in [1.29, 1.82) is 0 Å². The molecule has 0 aromatic heterocycles. The molecular formula is C10H14F6O3. The summed E-state index contributed by atoms with van der Waals surface area (Å²) in [5.41, 5.74) is -0.473. The molecule has 0 fully saturated rings. The third-order valence-electron chi connectivity index (χ3n) is 1.35. The fourth-order valence-electron chi connectivity index (χ4n) is 0.597. The largest absolute Gasteiger partial charge is 0.432 e. The first-order valence-corrected chi connectivity index (χ1v) is 4.95. The first-order valence-electron chi connectivity index (χ1n) is 4.95. The van der Waals surface area contributed by atoms with E-state index >= 15 is 0 Å². The van der Waals surface area contributed by atoms with Crippen LogP contribution in [0.5, 0.6) is 0 Å². The highest BCUT2D eigenvalue weighted by atomic mass is 19.4. The van der Waals surface area contributed by atoms with Crippen molar-refractivity contribution in [1.82, 2.24) is 0 Å². The fraction of sp³-hybridized carbons (Fsp3) is 0.700. The van der Waals surface area contributed by atoms with Crippen LogP contribution in [-0.2, 0) is 9.53 Å². The molecule has 114 valence electrons. The molecule has 0 aromatic carbocycles. The fourth-order valence-corrected chi connectivity index (χ4v) is 0.597. The van der Waals surface area contributed by atoms with E-state index in [0.717, 1.165) is 6.92 Å².